The highest BCUT2D eigenvalue weighted by molar-refractivity contribution is 5.78. The Morgan fingerprint density at radius 3 is 2.36 bits per heavy atom. The molecule has 28 heavy (non-hydrogen) atoms. The van der Waals surface area contributed by atoms with Gasteiger partial charge in [-0.1, -0.05) is 29.8 Å². The number of hydrogen-bond acceptors (Lipinski definition) is 5. The Morgan fingerprint density at radius 1 is 0.964 bits per heavy atom. The first kappa shape index (κ1) is 19.4. The van der Waals surface area contributed by atoms with Crippen molar-refractivity contribution in [1.82, 2.24) is 15.5 Å². The zero-order valence-corrected chi connectivity index (χ0v) is 16.0. The van der Waals surface area contributed by atoms with Gasteiger partial charge in [0, 0.05) is 11.6 Å². The van der Waals surface area contributed by atoms with Crippen molar-refractivity contribution in [3.05, 3.63) is 71.8 Å². The van der Waals surface area contributed by atoms with Gasteiger partial charge in [-0.2, -0.15) is 0 Å². The Hall–Kier alpha value is -3.41. The maximum atomic E-state index is 12.0. The summed E-state index contributed by atoms with van der Waals surface area (Å²) >= 11 is 0. The van der Waals surface area contributed by atoms with Crippen molar-refractivity contribution in [2.24, 2.45) is 0 Å². The lowest BCUT2D eigenvalue weighted by molar-refractivity contribution is -0.120. The van der Waals surface area contributed by atoms with Gasteiger partial charge in [0.25, 0.3) is 0 Å². The second kappa shape index (κ2) is 9.50. The number of ether oxygens (including phenoxy) is 2. The Morgan fingerprint density at radius 2 is 1.71 bits per heavy atom. The molecule has 3 aromatic rings. The average molecular weight is 377 g/mol. The summed E-state index contributed by atoms with van der Waals surface area (Å²) in [4.78, 5) is 12.0. The Kier molecular flexibility index (Phi) is 6.57. The molecule has 1 aromatic heterocycles. The number of amides is 1. The second-order valence-electron chi connectivity index (χ2n) is 6.35. The molecule has 1 amide bonds. The van der Waals surface area contributed by atoms with Crippen LogP contribution >= 0.6 is 0 Å². The Labute approximate surface area is 164 Å². The third kappa shape index (κ3) is 5.54. The number of aromatic nitrogens is 2. The fourth-order valence-electron chi connectivity index (χ4n) is 2.61. The largest absolute Gasteiger partial charge is 0.497 e. The number of carbonyl (C=O) groups excluding carboxylic acids is 1. The van der Waals surface area contributed by atoms with Gasteiger partial charge in [0.15, 0.2) is 0 Å². The van der Waals surface area contributed by atoms with Gasteiger partial charge >= 0.3 is 0 Å². The van der Waals surface area contributed by atoms with Gasteiger partial charge in [0.1, 0.15) is 12.4 Å². The van der Waals surface area contributed by atoms with Crippen LogP contribution in [0.2, 0.25) is 0 Å². The predicted octanol–water partition coefficient (Wildman–Crippen LogP) is 3.20. The van der Waals surface area contributed by atoms with E-state index in [0.717, 1.165) is 22.6 Å². The average Bonchev–Trinajstić information content (AvgIpc) is 2.73. The van der Waals surface area contributed by atoms with Crippen molar-refractivity contribution in [3.8, 4) is 22.9 Å². The Balaban J connectivity index is 1.42. The number of carbonyl (C=O) groups is 1. The zero-order valence-electron chi connectivity index (χ0n) is 16.0. The number of rotatable bonds is 8. The summed E-state index contributed by atoms with van der Waals surface area (Å²) in [7, 11) is 1.63. The van der Waals surface area contributed by atoms with E-state index in [0.29, 0.717) is 25.5 Å². The van der Waals surface area contributed by atoms with Crippen LogP contribution in [-0.4, -0.2) is 36.4 Å². The van der Waals surface area contributed by atoms with Crippen LogP contribution in [0.15, 0.2) is 60.7 Å². The molecule has 0 unspecified atom stereocenters. The predicted molar refractivity (Wildman–Crippen MR) is 107 cm³/mol. The van der Waals surface area contributed by atoms with Gasteiger partial charge in [-0.25, -0.2) is 0 Å². The molecule has 2 aromatic carbocycles. The zero-order chi connectivity index (χ0) is 19.8. The summed E-state index contributed by atoms with van der Waals surface area (Å²) in [6.07, 6.45) is 0.358. The van der Waals surface area contributed by atoms with Crippen molar-refractivity contribution in [1.29, 1.82) is 0 Å². The maximum Gasteiger partial charge on any atom is 0.233 e. The van der Waals surface area contributed by atoms with Gasteiger partial charge in [-0.15, -0.1) is 10.2 Å². The van der Waals surface area contributed by atoms with Crippen molar-refractivity contribution in [2.75, 3.05) is 20.3 Å². The van der Waals surface area contributed by atoms with E-state index in [2.05, 4.69) is 15.5 Å². The smallest absolute Gasteiger partial charge is 0.233 e. The van der Waals surface area contributed by atoms with Crippen LogP contribution in [0.3, 0.4) is 0 Å². The van der Waals surface area contributed by atoms with Gasteiger partial charge in [-0.3, -0.25) is 4.79 Å². The van der Waals surface area contributed by atoms with Gasteiger partial charge in [-0.05, 0) is 42.8 Å². The van der Waals surface area contributed by atoms with E-state index < -0.39 is 0 Å². The molecular weight excluding hydrogens is 354 g/mol. The number of hydrogen-bond donors (Lipinski definition) is 1. The molecule has 1 heterocycles. The first-order chi connectivity index (χ1) is 13.6. The lowest BCUT2D eigenvalue weighted by atomic mass is 10.1. The minimum absolute atomic E-state index is 0.0339. The molecule has 144 valence electrons. The minimum Gasteiger partial charge on any atom is -0.497 e. The lowest BCUT2D eigenvalue weighted by Gasteiger charge is -2.08. The highest BCUT2D eigenvalue weighted by atomic mass is 16.5. The molecule has 6 nitrogen and oxygen atoms in total. The van der Waals surface area contributed by atoms with E-state index in [1.807, 2.05) is 61.5 Å². The molecule has 0 fully saturated rings. The molecule has 0 aliphatic rings. The van der Waals surface area contributed by atoms with E-state index in [4.69, 9.17) is 9.47 Å². The summed E-state index contributed by atoms with van der Waals surface area (Å²) in [5.74, 6) is 1.18. The van der Waals surface area contributed by atoms with E-state index in [1.54, 1.807) is 13.2 Å². The molecule has 3 rings (SSSR count). The van der Waals surface area contributed by atoms with Crippen LogP contribution in [0, 0.1) is 6.92 Å². The maximum absolute atomic E-state index is 12.0. The van der Waals surface area contributed by atoms with Gasteiger partial charge in [0.2, 0.25) is 11.8 Å². The van der Waals surface area contributed by atoms with Crippen molar-refractivity contribution in [2.45, 2.75) is 13.3 Å². The van der Waals surface area contributed by atoms with Gasteiger partial charge < -0.3 is 14.8 Å². The van der Waals surface area contributed by atoms with Crippen molar-refractivity contribution >= 4 is 5.91 Å². The molecule has 0 atom stereocenters. The van der Waals surface area contributed by atoms with E-state index in [9.17, 15) is 4.79 Å². The first-order valence-electron chi connectivity index (χ1n) is 9.07. The quantitative estimate of drug-likeness (QED) is 0.610. The van der Waals surface area contributed by atoms with Crippen molar-refractivity contribution < 1.29 is 14.3 Å². The third-order valence-corrected chi connectivity index (χ3v) is 4.19. The lowest BCUT2D eigenvalue weighted by Crippen LogP contribution is -2.29. The summed E-state index contributed by atoms with van der Waals surface area (Å²) in [6.45, 7) is 2.76. The van der Waals surface area contributed by atoms with Crippen LogP contribution in [-0.2, 0) is 11.2 Å². The minimum atomic E-state index is -0.0339. The standard InChI is InChI=1S/C22H23N3O3/c1-16-3-5-17(6-4-16)15-21(26)23-13-14-28-22-12-11-20(24-25-22)18-7-9-19(27-2)10-8-18/h3-12H,13-15H2,1-2H3,(H,23,26). The highest BCUT2D eigenvalue weighted by Crippen LogP contribution is 2.20. The number of benzene rings is 2. The summed E-state index contributed by atoms with van der Waals surface area (Å²) < 4.78 is 10.7. The van der Waals surface area contributed by atoms with Crippen molar-refractivity contribution in [3.63, 3.8) is 0 Å². The van der Waals surface area contributed by atoms with Crippen LogP contribution in [0.25, 0.3) is 11.3 Å². The fraction of sp³-hybridized carbons (Fsp3) is 0.227. The SMILES string of the molecule is COc1ccc(-c2ccc(OCCNC(=O)Cc3ccc(C)cc3)nn2)cc1. The molecule has 0 saturated heterocycles. The second-order valence-corrected chi connectivity index (χ2v) is 6.35. The van der Waals surface area contributed by atoms with Crippen LogP contribution in [0.1, 0.15) is 11.1 Å². The molecule has 6 heteroatoms. The molecule has 0 radical (unpaired) electrons. The molecule has 0 aliphatic carbocycles. The monoisotopic (exact) mass is 377 g/mol. The summed E-state index contributed by atoms with van der Waals surface area (Å²) in [5.41, 5.74) is 3.87. The molecular formula is C22H23N3O3. The fourth-order valence-corrected chi connectivity index (χ4v) is 2.61. The van der Waals surface area contributed by atoms with Crippen LogP contribution < -0.4 is 14.8 Å². The molecule has 0 saturated carbocycles. The number of aryl methyl sites for hydroxylation is 1. The van der Waals surface area contributed by atoms with E-state index >= 15 is 0 Å². The topological polar surface area (TPSA) is 73.3 Å². The third-order valence-electron chi connectivity index (χ3n) is 4.19. The number of nitrogens with one attached hydrogen (secondary N) is 1. The number of methoxy groups -OCH3 is 1. The van der Waals surface area contributed by atoms with Gasteiger partial charge in [0.05, 0.1) is 25.8 Å². The van der Waals surface area contributed by atoms with Crippen LogP contribution in [0.5, 0.6) is 11.6 Å². The molecule has 0 spiro atoms. The molecule has 0 aliphatic heterocycles. The van der Waals surface area contributed by atoms with E-state index in [-0.39, 0.29) is 5.91 Å². The normalized spacial score (nSPS) is 10.4. The molecule has 1 N–H and O–H groups in total. The summed E-state index contributed by atoms with van der Waals surface area (Å²) in [5, 5.41) is 11.1. The first-order valence-corrected chi connectivity index (χ1v) is 9.07. The summed E-state index contributed by atoms with van der Waals surface area (Å²) in [6, 6.07) is 19.1. The van der Waals surface area contributed by atoms with Crippen LogP contribution in [0.4, 0.5) is 0 Å². The number of nitrogens with zero attached hydrogens (tertiary/aromatic N) is 2. The highest BCUT2D eigenvalue weighted by Gasteiger charge is 2.05. The molecule has 0 bridgehead atoms. The Bertz CT molecular complexity index is 892. The van der Waals surface area contributed by atoms with E-state index in [1.165, 1.54) is 5.56 Å².